The number of para-hydroxylation sites is 1. The molecule has 0 spiro atoms. The van der Waals surface area contributed by atoms with Gasteiger partial charge in [0.2, 0.25) is 0 Å². The lowest BCUT2D eigenvalue weighted by Crippen LogP contribution is -2.40. The Morgan fingerprint density at radius 1 is 1.10 bits per heavy atom. The molecule has 2 atom stereocenters. The molecule has 1 heterocycles. The van der Waals surface area contributed by atoms with Gasteiger partial charge in [0, 0.05) is 5.69 Å². The van der Waals surface area contributed by atoms with E-state index in [1.54, 1.807) is 0 Å². The fourth-order valence-corrected chi connectivity index (χ4v) is 2.89. The van der Waals surface area contributed by atoms with E-state index in [4.69, 9.17) is 0 Å². The summed E-state index contributed by atoms with van der Waals surface area (Å²) in [6, 6.07) is 14.5. The van der Waals surface area contributed by atoms with Gasteiger partial charge in [-0.2, -0.15) is 0 Å². The molecule has 2 aromatic carbocycles. The molecule has 0 bridgehead atoms. The highest BCUT2D eigenvalue weighted by molar-refractivity contribution is 5.58. The number of fused-ring (bicyclic) bond motifs is 1. The number of rotatable bonds is 2. The van der Waals surface area contributed by atoms with Crippen molar-refractivity contribution in [2.75, 3.05) is 5.32 Å². The van der Waals surface area contributed by atoms with Crippen LogP contribution in [0.15, 0.2) is 42.5 Å². The summed E-state index contributed by atoms with van der Waals surface area (Å²) in [5.74, 6) is 0. The summed E-state index contributed by atoms with van der Waals surface area (Å²) in [6.45, 7) is 6.09. The van der Waals surface area contributed by atoms with Crippen molar-refractivity contribution in [3.8, 4) is 0 Å². The molecule has 0 radical (unpaired) electrons. The molecule has 2 heteroatoms. The Labute approximate surface area is 120 Å². The van der Waals surface area contributed by atoms with Gasteiger partial charge in [-0.25, -0.2) is 0 Å². The van der Waals surface area contributed by atoms with Crippen LogP contribution in [0.1, 0.15) is 29.2 Å². The molecule has 0 aliphatic carbocycles. The Morgan fingerprint density at radius 3 is 2.55 bits per heavy atom. The third-order valence-electron chi connectivity index (χ3n) is 4.54. The molecule has 20 heavy (non-hydrogen) atoms. The first-order valence-corrected chi connectivity index (χ1v) is 7.13. The van der Waals surface area contributed by atoms with E-state index in [1.165, 1.54) is 16.7 Å². The molecular weight excluding hydrogens is 246 g/mol. The Morgan fingerprint density at radius 2 is 1.85 bits per heavy atom. The highest BCUT2D eigenvalue weighted by Crippen LogP contribution is 2.36. The quantitative estimate of drug-likeness (QED) is 0.872. The standard InChI is InChI=1S/C18H21NO/c1-12-8-9-15(10-13(12)2)18(3,20)17-11-14-6-4-5-7-16(14)19-17/h4-10,17,19-20H,11H2,1-3H3. The predicted molar refractivity (Wildman–Crippen MR) is 83.0 cm³/mol. The van der Waals surface area contributed by atoms with Gasteiger partial charge in [-0.05, 0) is 55.5 Å². The number of aliphatic hydroxyl groups is 1. The Bertz CT molecular complexity index is 621. The van der Waals surface area contributed by atoms with Crippen LogP contribution in [0.5, 0.6) is 0 Å². The molecular formula is C18H21NO. The van der Waals surface area contributed by atoms with Crippen LogP contribution in [-0.4, -0.2) is 11.1 Å². The minimum atomic E-state index is -0.877. The van der Waals surface area contributed by atoms with Crippen molar-refractivity contribution in [1.29, 1.82) is 0 Å². The van der Waals surface area contributed by atoms with E-state index in [1.807, 2.05) is 25.1 Å². The molecule has 0 amide bonds. The Balaban J connectivity index is 1.92. The maximum absolute atomic E-state index is 11.0. The normalized spacial score (nSPS) is 20.1. The van der Waals surface area contributed by atoms with Gasteiger partial charge in [-0.15, -0.1) is 0 Å². The maximum atomic E-state index is 11.0. The average molecular weight is 267 g/mol. The summed E-state index contributed by atoms with van der Waals surface area (Å²) in [5.41, 5.74) is 5.00. The number of anilines is 1. The van der Waals surface area contributed by atoms with Gasteiger partial charge in [0.25, 0.3) is 0 Å². The molecule has 1 aliphatic rings. The average Bonchev–Trinajstić information content (AvgIpc) is 2.86. The van der Waals surface area contributed by atoms with Crippen molar-refractivity contribution in [3.05, 3.63) is 64.7 Å². The molecule has 2 unspecified atom stereocenters. The number of hydrogen-bond acceptors (Lipinski definition) is 2. The zero-order valence-electron chi connectivity index (χ0n) is 12.3. The third-order valence-corrected chi connectivity index (χ3v) is 4.54. The van der Waals surface area contributed by atoms with Gasteiger partial charge in [0.15, 0.2) is 0 Å². The molecule has 0 fully saturated rings. The van der Waals surface area contributed by atoms with Crippen molar-refractivity contribution in [3.63, 3.8) is 0 Å². The van der Waals surface area contributed by atoms with Gasteiger partial charge in [-0.3, -0.25) is 0 Å². The van der Waals surface area contributed by atoms with E-state index in [9.17, 15) is 5.11 Å². The summed E-state index contributed by atoms with van der Waals surface area (Å²) >= 11 is 0. The zero-order chi connectivity index (χ0) is 14.3. The highest BCUT2D eigenvalue weighted by Gasteiger charge is 2.37. The number of nitrogens with one attached hydrogen (secondary N) is 1. The fraction of sp³-hybridized carbons (Fsp3) is 0.333. The van der Waals surface area contributed by atoms with Crippen LogP contribution in [-0.2, 0) is 12.0 Å². The van der Waals surface area contributed by atoms with Gasteiger partial charge >= 0.3 is 0 Å². The van der Waals surface area contributed by atoms with Crippen molar-refractivity contribution >= 4 is 5.69 Å². The fourth-order valence-electron chi connectivity index (χ4n) is 2.89. The SMILES string of the molecule is Cc1ccc(C(C)(O)C2Cc3ccccc3N2)cc1C. The lowest BCUT2D eigenvalue weighted by atomic mass is 9.85. The monoisotopic (exact) mass is 267 g/mol. The lowest BCUT2D eigenvalue weighted by Gasteiger charge is -2.31. The summed E-state index contributed by atoms with van der Waals surface area (Å²) < 4.78 is 0. The van der Waals surface area contributed by atoms with Crippen molar-refractivity contribution in [2.24, 2.45) is 0 Å². The van der Waals surface area contributed by atoms with E-state index < -0.39 is 5.60 Å². The number of aryl methyl sites for hydroxylation is 2. The molecule has 3 rings (SSSR count). The van der Waals surface area contributed by atoms with Crippen LogP contribution >= 0.6 is 0 Å². The van der Waals surface area contributed by atoms with Crippen LogP contribution in [0.2, 0.25) is 0 Å². The molecule has 2 N–H and O–H groups in total. The van der Waals surface area contributed by atoms with Gasteiger partial charge in [0.1, 0.15) is 5.60 Å². The first-order chi connectivity index (χ1) is 9.48. The molecule has 0 saturated carbocycles. The first kappa shape index (κ1) is 13.2. The van der Waals surface area contributed by atoms with E-state index >= 15 is 0 Å². The lowest BCUT2D eigenvalue weighted by molar-refractivity contribution is 0.0381. The van der Waals surface area contributed by atoms with Crippen LogP contribution in [0.25, 0.3) is 0 Å². The Kier molecular flexibility index (Phi) is 3.06. The van der Waals surface area contributed by atoms with Crippen molar-refractivity contribution < 1.29 is 5.11 Å². The maximum Gasteiger partial charge on any atom is 0.107 e. The van der Waals surface area contributed by atoms with Crippen LogP contribution in [0.3, 0.4) is 0 Å². The topological polar surface area (TPSA) is 32.3 Å². The smallest absolute Gasteiger partial charge is 0.107 e. The molecule has 2 aromatic rings. The molecule has 1 aliphatic heterocycles. The van der Waals surface area contributed by atoms with Gasteiger partial charge in [-0.1, -0.05) is 36.4 Å². The molecule has 104 valence electrons. The van der Waals surface area contributed by atoms with Crippen LogP contribution < -0.4 is 5.32 Å². The van der Waals surface area contributed by atoms with E-state index in [0.717, 1.165) is 17.7 Å². The highest BCUT2D eigenvalue weighted by atomic mass is 16.3. The van der Waals surface area contributed by atoms with E-state index in [2.05, 4.69) is 43.4 Å². The minimum Gasteiger partial charge on any atom is -0.383 e. The van der Waals surface area contributed by atoms with Gasteiger partial charge in [0.05, 0.1) is 6.04 Å². The van der Waals surface area contributed by atoms with Gasteiger partial charge < -0.3 is 10.4 Å². The number of benzene rings is 2. The zero-order valence-corrected chi connectivity index (χ0v) is 12.3. The molecule has 2 nitrogen and oxygen atoms in total. The van der Waals surface area contributed by atoms with Crippen LogP contribution in [0.4, 0.5) is 5.69 Å². The van der Waals surface area contributed by atoms with Crippen LogP contribution in [0, 0.1) is 13.8 Å². The van der Waals surface area contributed by atoms with E-state index in [0.29, 0.717) is 0 Å². The van der Waals surface area contributed by atoms with Crippen molar-refractivity contribution in [1.82, 2.24) is 0 Å². The summed E-state index contributed by atoms with van der Waals surface area (Å²) in [6.07, 6.45) is 0.857. The van der Waals surface area contributed by atoms with E-state index in [-0.39, 0.29) is 6.04 Å². The second-order valence-electron chi connectivity index (χ2n) is 6.00. The summed E-state index contributed by atoms with van der Waals surface area (Å²) in [4.78, 5) is 0. The number of hydrogen-bond donors (Lipinski definition) is 2. The Hall–Kier alpha value is -1.80. The first-order valence-electron chi connectivity index (χ1n) is 7.13. The molecule has 0 saturated heterocycles. The second-order valence-corrected chi connectivity index (χ2v) is 6.00. The summed E-state index contributed by atoms with van der Waals surface area (Å²) in [5, 5.41) is 14.5. The second kappa shape index (κ2) is 4.64. The predicted octanol–water partition coefficient (Wildman–Crippen LogP) is 3.55. The molecule has 0 aromatic heterocycles. The minimum absolute atomic E-state index is 0.0157. The van der Waals surface area contributed by atoms with Crippen molar-refractivity contribution in [2.45, 2.75) is 38.8 Å². The summed E-state index contributed by atoms with van der Waals surface area (Å²) in [7, 11) is 0. The largest absolute Gasteiger partial charge is 0.383 e. The third kappa shape index (κ3) is 2.10.